The molecule has 1 spiro atoms. The molecular weight excluding hydrogens is 506 g/mol. The lowest BCUT2D eigenvalue weighted by Crippen LogP contribution is -2.55. The molecule has 38 heavy (non-hydrogen) atoms. The van der Waals surface area contributed by atoms with Gasteiger partial charge in [0.2, 0.25) is 11.8 Å². The SMILES string of the molecule is O=C1OCC=C[C@@H]2S[C@]34C=CCN(CCN5CCOCC5)C(=O)C3N([C@H](CO)c3ccccc3)C(=O)[C@@H]4[C@H]12. The monoisotopic (exact) mass is 539 g/mol. The van der Waals surface area contributed by atoms with Gasteiger partial charge in [0.15, 0.2) is 0 Å². The van der Waals surface area contributed by atoms with Gasteiger partial charge in [-0.25, -0.2) is 0 Å². The number of carbonyl (C=O) groups is 3. The van der Waals surface area contributed by atoms with Crippen molar-refractivity contribution in [2.45, 2.75) is 22.1 Å². The van der Waals surface area contributed by atoms with Crippen LogP contribution in [-0.4, -0.2) is 113 Å². The third-order valence-corrected chi connectivity index (χ3v) is 10.2. The van der Waals surface area contributed by atoms with Crippen LogP contribution in [0.2, 0.25) is 0 Å². The van der Waals surface area contributed by atoms with E-state index in [1.54, 1.807) is 4.90 Å². The van der Waals surface area contributed by atoms with Crippen LogP contribution in [0.1, 0.15) is 11.6 Å². The number of amides is 2. The number of aliphatic hydroxyl groups is 1. The maximum Gasteiger partial charge on any atom is 0.311 e. The zero-order chi connectivity index (χ0) is 26.3. The topological polar surface area (TPSA) is 99.6 Å². The maximum absolute atomic E-state index is 14.4. The molecule has 1 aromatic carbocycles. The number of cyclic esters (lactones) is 1. The average Bonchev–Trinajstić information content (AvgIpc) is 3.24. The summed E-state index contributed by atoms with van der Waals surface area (Å²) in [5.41, 5.74) is 0.754. The number of morpholine rings is 1. The van der Waals surface area contributed by atoms with Gasteiger partial charge in [-0.05, 0) is 5.56 Å². The number of likely N-dealkylation sites (tertiary alicyclic amines) is 1. The minimum Gasteiger partial charge on any atom is -0.461 e. The number of esters is 1. The Hall–Kier alpha value is -2.66. The third kappa shape index (κ3) is 4.18. The molecule has 1 N–H and O–H groups in total. The molecule has 1 unspecified atom stereocenters. The zero-order valence-corrected chi connectivity index (χ0v) is 22.0. The van der Waals surface area contributed by atoms with E-state index in [1.165, 1.54) is 11.8 Å². The van der Waals surface area contributed by atoms with Crippen molar-refractivity contribution < 1.29 is 29.0 Å². The second-order valence-corrected chi connectivity index (χ2v) is 11.9. The fraction of sp³-hybridized carbons (Fsp3) is 0.536. The Kier molecular flexibility index (Phi) is 7.07. The number of aliphatic hydroxyl groups excluding tert-OH is 1. The highest BCUT2D eigenvalue weighted by molar-refractivity contribution is 8.02. The summed E-state index contributed by atoms with van der Waals surface area (Å²) >= 11 is 1.52. The lowest BCUT2D eigenvalue weighted by Gasteiger charge is -2.39. The molecule has 3 fully saturated rings. The predicted octanol–water partition coefficient (Wildman–Crippen LogP) is 0.861. The molecule has 202 valence electrons. The molecule has 9 nitrogen and oxygen atoms in total. The van der Waals surface area contributed by atoms with E-state index in [-0.39, 0.29) is 30.3 Å². The number of rotatable bonds is 6. The first kappa shape index (κ1) is 25.6. The van der Waals surface area contributed by atoms with Crippen molar-refractivity contribution in [3.8, 4) is 0 Å². The standard InChI is InChI=1S/C28H33N3O6S/c32-18-20(19-6-2-1-3-7-19)31-24-26(34)30(12-11-29-13-16-36-17-14-29)10-5-9-28(24)23(25(31)33)22-21(38-28)8-4-15-37-27(22)35/h1-9,20-24,32H,10-18H2/t20-,21+,22-,23+,24?,28+/m1/s1. The summed E-state index contributed by atoms with van der Waals surface area (Å²) in [6, 6.07) is 7.76. The number of nitrogens with zero attached hydrogens (tertiary/aromatic N) is 3. The molecule has 5 heterocycles. The van der Waals surface area contributed by atoms with Gasteiger partial charge in [0, 0.05) is 38.0 Å². The number of carbonyl (C=O) groups excluding carboxylic acids is 3. The Morgan fingerprint density at radius 3 is 2.61 bits per heavy atom. The van der Waals surface area contributed by atoms with Crippen LogP contribution in [0.3, 0.4) is 0 Å². The number of hydrogen-bond acceptors (Lipinski definition) is 8. The number of thioether (sulfide) groups is 1. The Morgan fingerprint density at radius 1 is 1.05 bits per heavy atom. The van der Waals surface area contributed by atoms with Gasteiger partial charge in [0.25, 0.3) is 0 Å². The minimum atomic E-state index is -0.930. The average molecular weight is 540 g/mol. The molecule has 0 radical (unpaired) electrons. The van der Waals surface area contributed by atoms with Crippen molar-refractivity contribution in [1.29, 1.82) is 0 Å². The van der Waals surface area contributed by atoms with Crippen molar-refractivity contribution in [3.63, 3.8) is 0 Å². The zero-order valence-electron chi connectivity index (χ0n) is 21.2. The molecule has 6 atom stereocenters. The molecule has 5 aliphatic rings. The van der Waals surface area contributed by atoms with E-state index < -0.39 is 34.6 Å². The van der Waals surface area contributed by atoms with E-state index in [0.717, 1.165) is 25.2 Å². The Morgan fingerprint density at radius 2 is 1.84 bits per heavy atom. The van der Waals surface area contributed by atoms with Gasteiger partial charge >= 0.3 is 5.97 Å². The van der Waals surface area contributed by atoms with Gasteiger partial charge in [-0.2, -0.15) is 0 Å². The van der Waals surface area contributed by atoms with Crippen molar-refractivity contribution in [1.82, 2.24) is 14.7 Å². The smallest absolute Gasteiger partial charge is 0.311 e. The number of ether oxygens (including phenoxy) is 2. The van der Waals surface area contributed by atoms with Crippen molar-refractivity contribution in [3.05, 3.63) is 60.2 Å². The third-order valence-electron chi connectivity index (χ3n) is 8.42. The maximum atomic E-state index is 14.4. The number of hydrogen-bond donors (Lipinski definition) is 1. The van der Waals surface area contributed by atoms with Gasteiger partial charge in [0.1, 0.15) is 12.6 Å². The van der Waals surface area contributed by atoms with E-state index in [9.17, 15) is 19.5 Å². The predicted molar refractivity (Wildman–Crippen MR) is 141 cm³/mol. The fourth-order valence-electron chi connectivity index (χ4n) is 6.61. The highest BCUT2D eigenvalue weighted by atomic mass is 32.2. The molecule has 2 amide bonds. The van der Waals surface area contributed by atoms with E-state index >= 15 is 0 Å². The van der Waals surface area contributed by atoms with Crippen LogP contribution in [0.5, 0.6) is 0 Å². The highest BCUT2D eigenvalue weighted by Crippen LogP contribution is 2.62. The molecular formula is C28H33N3O6S. The summed E-state index contributed by atoms with van der Waals surface area (Å²) < 4.78 is 9.98. The van der Waals surface area contributed by atoms with Crippen molar-refractivity contribution in [2.24, 2.45) is 11.8 Å². The summed E-state index contributed by atoms with van der Waals surface area (Å²) in [5, 5.41) is 10.3. The summed E-state index contributed by atoms with van der Waals surface area (Å²) in [5.74, 6) is -2.27. The first-order valence-corrected chi connectivity index (χ1v) is 14.2. The van der Waals surface area contributed by atoms with Crippen molar-refractivity contribution in [2.75, 3.05) is 59.2 Å². The lowest BCUT2D eigenvalue weighted by molar-refractivity contribution is -0.152. The molecule has 10 heteroatoms. The van der Waals surface area contributed by atoms with Crippen LogP contribution in [0.4, 0.5) is 0 Å². The summed E-state index contributed by atoms with van der Waals surface area (Å²) in [6.07, 6.45) is 7.74. The second-order valence-electron chi connectivity index (χ2n) is 10.4. The molecule has 1 aromatic rings. The Bertz CT molecular complexity index is 1140. The molecule has 0 aromatic heterocycles. The second kappa shape index (κ2) is 10.5. The molecule has 5 aliphatic heterocycles. The van der Waals surface area contributed by atoms with Crippen LogP contribution in [0, 0.1) is 11.8 Å². The van der Waals surface area contributed by atoms with Gasteiger partial charge in [-0.1, -0.05) is 54.6 Å². The van der Waals surface area contributed by atoms with Crippen LogP contribution in [0.15, 0.2) is 54.6 Å². The molecule has 3 saturated heterocycles. The van der Waals surface area contributed by atoms with E-state index in [4.69, 9.17) is 9.47 Å². The quantitative estimate of drug-likeness (QED) is 0.420. The number of fused-ring (bicyclic) bond motifs is 2. The minimum absolute atomic E-state index is 0.144. The summed E-state index contributed by atoms with van der Waals surface area (Å²) in [7, 11) is 0. The van der Waals surface area contributed by atoms with E-state index in [2.05, 4.69) is 4.90 Å². The lowest BCUT2D eigenvalue weighted by atomic mass is 9.78. The van der Waals surface area contributed by atoms with Gasteiger partial charge < -0.3 is 24.4 Å². The van der Waals surface area contributed by atoms with Crippen molar-refractivity contribution >= 4 is 29.5 Å². The Balaban J connectivity index is 1.39. The molecule has 6 rings (SSSR count). The van der Waals surface area contributed by atoms with Crippen LogP contribution >= 0.6 is 11.8 Å². The van der Waals surface area contributed by atoms with Crippen LogP contribution < -0.4 is 0 Å². The summed E-state index contributed by atoms with van der Waals surface area (Å²) in [6.45, 7) is 4.54. The normalized spacial score (nSPS) is 33.9. The van der Waals surface area contributed by atoms with Gasteiger partial charge in [-0.3, -0.25) is 19.3 Å². The first-order valence-electron chi connectivity index (χ1n) is 13.3. The summed E-state index contributed by atoms with van der Waals surface area (Å²) in [4.78, 5) is 47.6. The van der Waals surface area contributed by atoms with Crippen LogP contribution in [0.25, 0.3) is 0 Å². The van der Waals surface area contributed by atoms with E-state index in [1.807, 2.05) is 59.5 Å². The molecule has 0 aliphatic carbocycles. The first-order chi connectivity index (χ1) is 18.5. The van der Waals surface area contributed by atoms with E-state index in [0.29, 0.717) is 26.3 Å². The highest BCUT2D eigenvalue weighted by Gasteiger charge is 2.71. The van der Waals surface area contributed by atoms with Gasteiger partial charge in [-0.15, -0.1) is 11.8 Å². The molecule has 0 bridgehead atoms. The molecule has 0 saturated carbocycles. The van der Waals surface area contributed by atoms with Gasteiger partial charge in [0.05, 0.1) is 42.4 Å². The fourth-order valence-corrected chi connectivity index (χ4v) is 8.60. The Labute approximate surface area is 226 Å². The largest absolute Gasteiger partial charge is 0.461 e. The number of benzene rings is 1. The van der Waals surface area contributed by atoms with Crippen LogP contribution in [-0.2, 0) is 23.9 Å².